The predicted octanol–water partition coefficient (Wildman–Crippen LogP) is 4.03. The average molecular weight is 269 g/mol. The molecule has 1 nitrogen and oxygen atoms in total. The number of hydrogen-bond donors (Lipinski definition) is 1. The molecule has 2 rings (SSSR count). The van der Waals surface area contributed by atoms with Gasteiger partial charge in [0, 0.05) is 22.3 Å². The zero-order valence-corrected chi connectivity index (χ0v) is 12.7. The van der Waals surface area contributed by atoms with Gasteiger partial charge in [0.1, 0.15) is 0 Å². The number of nitrogens with one attached hydrogen (secondary N) is 1. The van der Waals surface area contributed by atoms with Crippen LogP contribution in [0.3, 0.4) is 0 Å². The van der Waals surface area contributed by atoms with Gasteiger partial charge in [-0.1, -0.05) is 20.8 Å². The van der Waals surface area contributed by atoms with E-state index >= 15 is 0 Å². The highest BCUT2D eigenvalue weighted by Gasteiger charge is 2.17. The van der Waals surface area contributed by atoms with Crippen LogP contribution in [0.25, 0.3) is 0 Å². The third-order valence-electron chi connectivity index (χ3n) is 3.19. The molecule has 17 heavy (non-hydrogen) atoms. The van der Waals surface area contributed by atoms with Crippen LogP contribution in [-0.2, 0) is 12.0 Å². The second kappa shape index (κ2) is 5.77. The monoisotopic (exact) mass is 269 g/mol. The van der Waals surface area contributed by atoms with Gasteiger partial charge in [0.05, 0.1) is 0 Å². The molecule has 96 valence electrons. The van der Waals surface area contributed by atoms with Crippen molar-refractivity contribution in [2.24, 2.45) is 0 Å². The van der Waals surface area contributed by atoms with Crippen molar-refractivity contribution in [3.63, 3.8) is 0 Å². The number of rotatable bonds is 3. The molecule has 1 aliphatic rings. The topological polar surface area (TPSA) is 12.0 Å². The van der Waals surface area contributed by atoms with E-state index in [0.717, 1.165) is 12.6 Å². The van der Waals surface area contributed by atoms with E-state index < -0.39 is 0 Å². The maximum absolute atomic E-state index is 3.70. The normalized spacial score (nSPS) is 18.5. The molecule has 0 saturated carbocycles. The Morgan fingerprint density at radius 2 is 1.94 bits per heavy atom. The first-order valence-corrected chi connectivity index (χ1v) is 8.43. The Bertz CT molecular complexity index is 345. The maximum Gasteiger partial charge on any atom is 0.0302 e. The van der Waals surface area contributed by atoms with Gasteiger partial charge in [0.25, 0.3) is 0 Å². The zero-order chi connectivity index (χ0) is 12.3. The summed E-state index contributed by atoms with van der Waals surface area (Å²) in [6.07, 6.45) is 2.67. The van der Waals surface area contributed by atoms with Crippen molar-refractivity contribution >= 4 is 23.1 Å². The molecule has 0 unspecified atom stereocenters. The molecule has 1 aromatic heterocycles. The smallest absolute Gasteiger partial charge is 0.0302 e. The Morgan fingerprint density at radius 1 is 1.24 bits per heavy atom. The van der Waals surface area contributed by atoms with Crippen LogP contribution in [0.5, 0.6) is 0 Å². The Labute approximate surface area is 113 Å². The predicted molar refractivity (Wildman–Crippen MR) is 80.2 cm³/mol. The van der Waals surface area contributed by atoms with Crippen LogP contribution in [0.15, 0.2) is 12.1 Å². The summed E-state index contributed by atoms with van der Waals surface area (Å²) in [5.74, 6) is 2.66. The fourth-order valence-electron chi connectivity index (χ4n) is 2.02. The number of thiophene rings is 1. The van der Waals surface area contributed by atoms with Gasteiger partial charge in [-0.15, -0.1) is 11.3 Å². The average Bonchev–Trinajstić information content (AvgIpc) is 2.76. The van der Waals surface area contributed by atoms with E-state index in [4.69, 9.17) is 0 Å². The summed E-state index contributed by atoms with van der Waals surface area (Å²) in [5.41, 5.74) is 0.296. The van der Waals surface area contributed by atoms with Gasteiger partial charge in [-0.25, -0.2) is 0 Å². The van der Waals surface area contributed by atoms with Crippen molar-refractivity contribution in [2.45, 2.75) is 51.6 Å². The SMILES string of the molecule is CC(C)(C)c1ccc(CNC2CCSCC2)s1. The fraction of sp³-hybridized carbons (Fsp3) is 0.714. The van der Waals surface area contributed by atoms with Crippen LogP contribution >= 0.6 is 23.1 Å². The molecule has 3 heteroatoms. The van der Waals surface area contributed by atoms with Crippen LogP contribution < -0.4 is 5.32 Å². The summed E-state index contributed by atoms with van der Waals surface area (Å²) in [4.78, 5) is 2.97. The zero-order valence-electron chi connectivity index (χ0n) is 11.1. The molecule has 0 radical (unpaired) electrons. The van der Waals surface area contributed by atoms with Crippen LogP contribution in [0.1, 0.15) is 43.4 Å². The van der Waals surface area contributed by atoms with E-state index in [0.29, 0.717) is 5.41 Å². The van der Waals surface area contributed by atoms with E-state index in [9.17, 15) is 0 Å². The lowest BCUT2D eigenvalue weighted by molar-refractivity contribution is 0.484. The van der Waals surface area contributed by atoms with E-state index in [1.165, 1.54) is 34.1 Å². The third kappa shape index (κ3) is 4.01. The van der Waals surface area contributed by atoms with Gasteiger partial charge in [0.15, 0.2) is 0 Å². The second-order valence-corrected chi connectivity index (χ2v) is 8.18. The van der Waals surface area contributed by atoms with Crippen molar-refractivity contribution < 1.29 is 0 Å². The Kier molecular flexibility index (Phi) is 4.56. The van der Waals surface area contributed by atoms with E-state index in [-0.39, 0.29) is 0 Å². The lowest BCUT2D eigenvalue weighted by Crippen LogP contribution is -2.31. The van der Waals surface area contributed by atoms with Gasteiger partial charge < -0.3 is 5.32 Å². The summed E-state index contributed by atoms with van der Waals surface area (Å²) in [5, 5.41) is 3.70. The molecule has 0 bridgehead atoms. The minimum atomic E-state index is 0.296. The minimum Gasteiger partial charge on any atom is -0.309 e. The maximum atomic E-state index is 3.70. The van der Waals surface area contributed by atoms with Crippen LogP contribution in [0, 0.1) is 0 Å². The Morgan fingerprint density at radius 3 is 2.53 bits per heavy atom. The first-order chi connectivity index (χ1) is 8.05. The van der Waals surface area contributed by atoms with Gasteiger partial charge in [-0.3, -0.25) is 0 Å². The summed E-state index contributed by atoms with van der Waals surface area (Å²) >= 11 is 4.05. The second-order valence-electron chi connectivity index (χ2n) is 5.78. The van der Waals surface area contributed by atoms with Crippen molar-refractivity contribution in [2.75, 3.05) is 11.5 Å². The molecule has 1 fully saturated rings. The molecule has 1 aromatic rings. The van der Waals surface area contributed by atoms with E-state index in [1.54, 1.807) is 0 Å². The molecule has 0 atom stereocenters. The van der Waals surface area contributed by atoms with E-state index in [1.807, 2.05) is 11.3 Å². The van der Waals surface area contributed by atoms with Crippen molar-refractivity contribution in [3.05, 3.63) is 21.9 Å². The molecule has 2 heterocycles. The number of thioether (sulfide) groups is 1. The van der Waals surface area contributed by atoms with Crippen LogP contribution in [-0.4, -0.2) is 17.5 Å². The summed E-state index contributed by atoms with van der Waals surface area (Å²) in [6.45, 7) is 7.91. The first-order valence-electron chi connectivity index (χ1n) is 6.46. The molecular formula is C14H23NS2. The van der Waals surface area contributed by atoms with E-state index in [2.05, 4.69) is 50.0 Å². The quantitative estimate of drug-likeness (QED) is 0.889. The first kappa shape index (κ1) is 13.4. The lowest BCUT2D eigenvalue weighted by atomic mass is 9.95. The summed E-state index contributed by atoms with van der Waals surface area (Å²) < 4.78 is 0. The largest absolute Gasteiger partial charge is 0.309 e. The lowest BCUT2D eigenvalue weighted by Gasteiger charge is -2.22. The molecule has 0 aromatic carbocycles. The third-order valence-corrected chi connectivity index (χ3v) is 5.75. The van der Waals surface area contributed by atoms with Gasteiger partial charge in [-0.05, 0) is 41.9 Å². The molecule has 0 aliphatic carbocycles. The Balaban J connectivity index is 1.84. The Hall–Kier alpha value is 0.01000. The molecule has 1 saturated heterocycles. The highest BCUT2D eigenvalue weighted by Crippen LogP contribution is 2.29. The van der Waals surface area contributed by atoms with Gasteiger partial charge in [0.2, 0.25) is 0 Å². The highest BCUT2D eigenvalue weighted by atomic mass is 32.2. The standard InChI is InChI=1S/C14H23NS2/c1-14(2,3)13-5-4-12(17-13)10-15-11-6-8-16-9-7-11/h4-5,11,15H,6-10H2,1-3H3. The molecule has 1 N–H and O–H groups in total. The van der Waals surface area contributed by atoms with Crippen molar-refractivity contribution in [3.8, 4) is 0 Å². The summed E-state index contributed by atoms with van der Waals surface area (Å²) in [6, 6.07) is 5.32. The fourth-order valence-corrected chi connectivity index (χ4v) is 4.15. The number of hydrogen-bond acceptors (Lipinski definition) is 3. The summed E-state index contributed by atoms with van der Waals surface area (Å²) in [7, 11) is 0. The van der Waals surface area contributed by atoms with Crippen LogP contribution in [0.4, 0.5) is 0 Å². The minimum absolute atomic E-state index is 0.296. The molecule has 0 amide bonds. The van der Waals surface area contributed by atoms with Gasteiger partial charge >= 0.3 is 0 Å². The van der Waals surface area contributed by atoms with Crippen molar-refractivity contribution in [1.29, 1.82) is 0 Å². The molecule has 0 spiro atoms. The molecular weight excluding hydrogens is 246 g/mol. The highest BCUT2D eigenvalue weighted by molar-refractivity contribution is 7.99. The molecule has 1 aliphatic heterocycles. The van der Waals surface area contributed by atoms with Crippen molar-refractivity contribution in [1.82, 2.24) is 5.32 Å². The van der Waals surface area contributed by atoms with Crippen LogP contribution in [0.2, 0.25) is 0 Å². The van der Waals surface area contributed by atoms with Gasteiger partial charge in [-0.2, -0.15) is 11.8 Å².